The third-order valence-corrected chi connectivity index (χ3v) is 4.38. The van der Waals surface area contributed by atoms with E-state index in [2.05, 4.69) is 10.5 Å². The van der Waals surface area contributed by atoms with Gasteiger partial charge in [-0.15, -0.1) is 0 Å². The molecule has 0 saturated carbocycles. The summed E-state index contributed by atoms with van der Waals surface area (Å²) in [7, 11) is 0. The number of hydrogen-bond acceptors (Lipinski definition) is 7. The normalized spacial score (nSPS) is 10.9. The fourth-order valence-corrected chi connectivity index (χ4v) is 2.70. The van der Waals surface area contributed by atoms with Crippen molar-refractivity contribution in [1.82, 2.24) is 5.43 Å². The SMILES string of the molecule is Cc1cc(-c2ccc(/C=N/NC(=O)c3cccc([N+](=O)[O-])c3)o2)c([N+](=O)[O-])cc1C. The summed E-state index contributed by atoms with van der Waals surface area (Å²) in [6, 6.07) is 11.5. The first kappa shape index (κ1) is 20.4. The number of carbonyl (C=O) groups excluding carboxylic acids is 1. The molecule has 0 saturated heterocycles. The smallest absolute Gasteiger partial charge is 0.280 e. The van der Waals surface area contributed by atoms with Gasteiger partial charge in [0.2, 0.25) is 0 Å². The van der Waals surface area contributed by atoms with Gasteiger partial charge >= 0.3 is 0 Å². The zero-order valence-corrected chi connectivity index (χ0v) is 16.0. The third-order valence-electron chi connectivity index (χ3n) is 4.38. The van der Waals surface area contributed by atoms with Crippen LogP contribution < -0.4 is 5.43 Å². The Kier molecular flexibility index (Phi) is 5.68. The fourth-order valence-electron chi connectivity index (χ4n) is 2.70. The maximum Gasteiger partial charge on any atom is 0.280 e. The van der Waals surface area contributed by atoms with E-state index in [1.54, 1.807) is 25.1 Å². The number of nitro groups is 2. The number of carbonyl (C=O) groups is 1. The van der Waals surface area contributed by atoms with Crippen LogP contribution >= 0.6 is 0 Å². The minimum Gasteiger partial charge on any atom is -0.455 e. The molecule has 0 unspecified atom stereocenters. The van der Waals surface area contributed by atoms with Crippen LogP contribution in [0, 0.1) is 34.1 Å². The molecule has 10 heteroatoms. The molecule has 10 nitrogen and oxygen atoms in total. The highest BCUT2D eigenvalue weighted by molar-refractivity contribution is 5.95. The number of nitrogens with zero attached hydrogens (tertiary/aromatic N) is 3. The van der Waals surface area contributed by atoms with Gasteiger partial charge in [-0.2, -0.15) is 5.10 Å². The molecular formula is C20H16N4O6. The second-order valence-corrected chi connectivity index (χ2v) is 6.42. The van der Waals surface area contributed by atoms with E-state index in [-0.39, 0.29) is 28.5 Å². The lowest BCUT2D eigenvalue weighted by Crippen LogP contribution is -2.17. The molecule has 0 aliphatic carbocycles. The predicted octanol–water partition coefficient (Wildman–Crippen LogP) is 4.14. The topological polar surface area (TPSA) is 141 Å². The van der Waals surface area contributed by atoms with Gasteiger partial charge in [0.1, 0.15) is 11.5 Å². The van der Waals surface area contributed by atoms with Crippen LogP contribution in [0.4, 0.5) is 11.4 Å². The average molecular weight is 408 g/mol. The van der Waals surface area contributed by atoms with Crippen molar-refractivity contribution in [1.29, 1.82) is 0 Å². The van der Waals surface area contributed by atoms with E-state index < -0.39 is 15.8 Å². The number of aryl methyl sites for hydroxylation is 2. The highest BCUT2D eigenvalue weighted by Gasteiger charge is 2.19. The Morgan fingerprint density at radius 1 is 1.03 bits per heavy atom. The van der Waals surface area contributed by atoms with E-state index >= 15 is 0 Å². The standard InChI is InChI=1S/C20H16N4O6/c1-12-8-17(18(24(28)29)9-13(12)2)19-7-6-16(30-19)11-21-22-20(25)14-4-3-5-15(10-14)23(26)27/h3-11H,1-2H3,(H,22,25)/b21-11+. The van der Waals surface area contributed by atoms with Crippen molar-refractivity contribution in [2.45, 2.75) is 13.8 Å². The molecule has 0 fully saturated rings. The van der Waals surface area contributed by atoms with Crippen LogP contribution in [0.1, 0.15) is 27.2 Å². The number of hydrogen-bond donors (Lipinski definition) is 1. The summed E-state index contributed by atoms with van der Waals surface area (Å²) in [5, 5.41) is 25.9. The van der Waals surface area contributed by atoms with Crippen LogP contribution in [0.15, 0.2) is 58.0 Å². The molecule has 0 bridgehead atoms. The van der Waals surface area contributed by atoms with Crippen LogP contribution in [0.5, 0.6) is 0 Å². The van der Waals surface area contributed by atoms with Crippen molar-refractivity contribution in [2.24, 2.45) is 5.10 Å². The lowest BCUT2D eigenvalue weighted by molar-refractivity contribution is -0.384. The number of nitrogens with one attached hydrogen (secondary N) is 1. The summed E-state index contributed by atoms with van der Waals surface area (Å²) < 4.78 is 5.60. The van der Waals surface area contributed by atoms with E-state index in [1.807, 2.05) is 6.92 Å². The van der Waals surface area contributed by atoms with E-state index in [9.17, 15) is 25.0 Å². The van der Waals surface area contributed by atoms with Gasteiger partial charge in [-0.1, -0.05) is 6.07 Å². The Hall–Kier alpha value is -4.34. The van der Waals surface area contributed by atoms with Crippen LogP contribution in [-0.4, -0.2) is 22.0 Å². The molecule has 0 atom stereocenters. The van der Waals surface area contributed by atoms with Crippen LogP contribution in [0.3, 0.4) is 0 Å². The first-order valence-corrected chi connectivity index (χ1v) is 8.70. The Balaban J connectivity index is 1.76. The van der Waals surface area contributed by atoms with Gasteiger partial charge in [-0.25, -0.2) is 5.43 Å². The van der Waals surface area contributed by atoms with Crippen molar-refractivity contribution >= 4 is 23.5 Å². The highest BCUT2D eigenvalue weighted by atomic mass is 16.6. The largest absolute Gasteiger partial charge is 0.455 e. The molecule has 0 aliphatic heterocycles. The van der Waals surface area contributed by atoms with Gasteiger partial charge in [0.25, 0.3) is 17.3 Å². The molecule has 1 aromatic heterocycles. The lowest BCUT2D eigenvalue weighted by atomic mass is 10.0. The van der Waals surface area contributed by atoms with Gasteiger partial charge in [-0.3, -0.25) is 25.0 Å². The molecule has 0 aliphatic rings. The lowest BCUT2D eigenvalue weighted by Gasteiger charge is -2.04. The molecule has 2 aromatic carbocycles. The van der Waals surface area contributed by atoms with Gasteiger partial charge in [-0.05, 0) is 49.2 Å². The maximum absolute atomic E-state index is 12.1. The van der Waals surface area contributed by atoms with Crippen molar-refractivity contribution in [3.8, 4) is 11.3 Å². The first-order chi connectivity index (χ1) is 14.3. The van der Waals surface area contributed by atoms with Crippen LogP contribution in [0.2, 0.25) is 0 Å². The second kappa shape index (κ2) is 8.35. The van der Waals surface area contributed by atoms with Gasteiger partial charge in [0.05, 0.1) is 21.6 Å². The van der Waals surface area contributed by atoms with Crippen molar-refractivity contribution in [2.75, 3.05) is 0 Å². The summed E-state index contributed by atoms with van der Waals surface area (Å²) in [5.41, 5.74) is 4.05. The Morgan fingerprint density at radius 2 is 1.77 bits per heavy atom. The summed E-state index contributed by atoms with van der Waals surface area (Å²) in [6.07, 6.45) is 1.23. The number of benzene rings is 2. The van der Waals surface area contributed by atoms with E-state index in [1.165, 1.54) is 30.5 Å². The van der Waals surface area contributed by atoms with E-state index in [4.69, 9.17) is 4.42 Å². The summed E-state index contributed by atoms with van der Waals surface area (Å²) in [5.74, 6) is -0.0837. The zero-order chi connectivity index (χ0) is 21.8. The van der Waals surface area contributed by atoms with Crippen LogP contribution in [-0.2, 0) is 0 Å². The molecule has 0 radical (unpaired) electrons. The van der Waals surface area contributed by atoms with Crippen LogP contribution in [0.25, 0.3) is 11.3 Å². The maximum atomic E-state index is 12.1. The van der Waals surface area contributed by atoms with Gasteiger partial charge < -0.3 is 4.42 Å². The molecule has 30 heavy (non-hydrogen) atoms. The molecule has 1 heterocycles. The quantitative estimate of drug-likeness (QED) is 0.369. The molecule has 1 amide bonds. The average Bonchev–Trinajstić information content (AvgIpc) is 3.18. The number of amides is 1. The Morgan fingerprint density at radius 3 is 2.47 bits per heavy atom. The minimum absolute atomic E-state index is 0.0742. The second-order valence-electron chi connectivity index (χ2n) is 6.42. The Bertz CT molecular complexity index is 1180. The van der Waals surface area contributed by atoms with Crippen molar-refractivity contribution in [3.05, 3.63) is 91.2 Å². The number of nitro benzene ring substituents is 2. The minimum atomic E-state index is -0.633. The van der Waals surface area contributed by atoms with Crippen molar-refractivity contribution < 1.29 is 19.1 Å². The zero-order valence-electron chi connectivity index (χ0n) is 16.0. The fraction of sp³-hybridized carbons (Fsp3) is 0.100. The number of rotatable bonds is 6. The first-order valence-electron chi connectivity index (χ1n) is 8.70. The number of non-ortho nitro benzene ring substituents is 1. The number of furan rings is 1. The molecule has 152 valence electrons. The molecule has 0 spiro atoms. The molecule has 3 rings (SSSR count). The van der Waals surface area contributed by atoms with Gasteiger partial charge in [0.15, 0.2) is 0 Å². The summed E-state index contributed by atoms with van der Waals surface area (Å²) in [6.45, 7) is 3.63. The predicted molar refractivity (Wildman–Crippen MR) is 108 cm³/mol. The summed E-state index contributed by atoms with van der Waals surface area (Å²) in [4.78, 5) is 33.1. The highest BCUT2D eigenvalue weighted by Crippen LogP contribution is 2.33. The molecule has 3 aromatic rings. The van der Waals surface area contributed by atoms with Crippen molar-refractivity contribution in [3.63, 3.8) is 0 Å². The van der Waals surface area contributed by atoms with Gasteiger partial charge in [0, 0.05) is 23.8 Å². The van der Waals surface area contributed by atoms with E-state index in [0.717, 1.165) is 17.2 Å². The Labute approximate surface area is 170 Å². The molecule has 1 N–H and O–H groups in total. The summed E-state index contributed by atoms with van der Waals surface area (Å²) >= 11 is 0. The monoisotopic (exact) mass is 408 g/mol. The van der Waals surface area contributed by atoms with E-state index in [0.29, 0.717) is 5.56 Å². The molecular weight excluding hydrogens is 392 g/mol. The number of hydrazone groups is 1. The third kappa shape index (κ3) is 4.38.